The highest BCUT2D eigenvalue weighted by molar-refractivity contribution is 7.99. The average Bonchev–Trinajstić information content (AvgIpc) is 3.04. The molecule has 1 fully saturated rings. The van der Waals surface area contributed by atoms with Gasteiger partial charge in [0.2, 0.25) is 5.91 Å². The number of thioether (sulfide) groups is 1. The van der Waals surface area contributed by atoms with E-state index in [9.17, 15) is 19.2 Å². The second-order valence-electron chi connectivity index (χ2n) is 7.65. The summed E-state index contributed by atoms with van der Waals surface area (Å²) in [6, 6.07) is 12.8. The van der Waals surface area contributed by atoms with Crippen LogP contribution in [0, 0.1) is 0 Å². The molecule has 1 atom stereocenters. The molecule has 1 aliphatic rings. The number of amides is 4. The molecule has 1 saturated heterocycles. The number of aromatic nitrogens is 2. The van der Waals surface area contributed by atoms with E-state index in [0.717, 1.165) is 11.8 Å². The lowest BCUT2D eigenvalue weighted by molar-refractivity contribution is -0.138. The number of hydrazine groups is 1. The van der Waals surface area contributed by atoms with Crippen molar-refractivity contribution >= 4 is 52.1 Å². The van der Waals surface area contributed by atoms with Gasteiger partial charge in [-0.2, -0.15) is 5.01 Å². The zero-order valence-corrected chi connectivity index (χ0v) is 19.7. The maximum absolute atomic E-state index is 12.9. The fraction of sp³-hybridized carbons (Fsp3) is 0.174. The molecule has 1 aliphatic heterocycles. The van der Waals surface area contributed by atoms with Gasteiger partial charge in [-0.3, -0.25) is 24.4 Å². The molecule has 174 valence electrons. The zero-order valence-electron chi connectivity index (χ0n) is 18.1. The molecular weight excluding hydrogens is 478 g/mol. The van der Waals surface area contributed by atoms with E-state index in [-0.39, 0.29) is 23.0 Å². The lowest BCUT2D eigenvalue weighted by atomic mass is 9.92. The van der Waals surface area contributed by atoms with Gasteiger partial charge in [0, 0.05) is 11.6 Å². The van der Waals surface area contributed by atoms with Crippen LogP contribution in [0.25, 0.3) is 10.9 Å². The van der Waals surface area contributed by atoms with Gasteiger partial charge in [0.05, 0.1) is 16.7 Å². The van der Waals surface area contributed by atoms with Crippen LogP contribution < -0.4 is 16.3 Å². The number of fused-ring (bicyclic) bond motifs is 1. The van der Waals surface area contributed by atoms with Crippen LogP contribution >= 0.6 is 23.4 Å². The average molecular weight is 498 g/mol. The molecule has 11 heteroatoms. The predicted octanol–water partition coefficient (Wildman–Crippen LogP) is 2.83. The van der Waals surface area contributed by atoms with Crippen LogP contribution in [-0.2, 0) is 21.7 Å². The number of urea groups is 1. The fourth-order valence-electron chi connectivity index (χ4n) is 3.57. The van der Waals surface area contributed by atoms with Crippen molar-refractivity contribution in [3.8, 4) is 0 Å². The number of hydrogen-bond donors (Lipinski definition) is 2. The van der Waals surface area contributed by atoms with Crippen molar-refractivity contribution in [1.29, 1.82) is 0 Å². The molecule has 0 aliphatic carbocycles. The molecule has 9 nitrogen and oxygen atoms in total. The maximum Gasteiger partial charge on any atom is 0.344 e. The molecule has 2 heterocycles. The van der Waals surface area contributed by atoms with Crippen molar-refractivity contribution in [2.75, 3.05) is 5.75 Å². The molecule has 3 aromatic rings. The molecule has 0 saturated carbocycles. The zero-order chi connectivity index (χ0) is 24.5. The van der Waals surface area contributed by atoms with Gasteiger partial charge in [-0.15, -0.1) is 6.58 Å². The number of imide groups is 1. The van der Waals surface area contributed by atoms with Gasteiger partial charge in [-0.1, -0.05) is 59.8 Å². The maximum atomic E-state index is 12.9. The van der Waals surface area contributed by atoms with Crippen LogP contribution in [0.3, 0.4) is 0 Å². The molecule has 34 heavy (non-hydrogen) atoms. The smallest absolute Gasteiger partial charge is 0.318 e. The minimum absolute atomic E-state index is 0.191. The Balaban J connectivity index is 1.52. The highest BCUT2D eigenvalue weighted by atomic mass is 35.5. The summed E-state index contributed by atoms with van der Waals surface area (Å²) in [5.41, 5.74) is 1.73. The number of rotatable bonds is 7. The van der Waals surface area contributed by atoms with Crippen molar-refractivity contribution in [2.45, 2.75) is 24.2 Å². The van der Waals surface area contributed by atoms with Crippen LogP contribution in [-0.4, -0.2) is 38.2 Å². The van der Waals surface area contributed by atoms with E-state index in [1.807, 2.05) is 0 Å². The van der Waals surface area contributed by atoms with Crippen LogP contribution in [0.1, 0.15) is 12.5 Å². The summed E-state index contributed by atoms with van der Waals surface area (Å²) in [5.74, 6) is -1.42. The third-order valence-electron chi connectivity index (χ3n) is 5.30. The number of carbonyl (C=O) groups is 3. The molecule has 1 aromatic heterocycles. The number of allylic oxidation sites excluding steroid dienone is 1. The van der Waals surface area contributed by atoms with E-state index in [0.29, 0.717) is 26.5 Å². The molecular formula is C23H20ClN5O4S. The number of carbonyl (C=O) groups excluding carboxylic acids is 3. The van der Waals surface area contributed by atoms with E-state index >= 15 is 0 Å². The monoisotopic (exact) mass is 497 g/mol. The number of nitrogens with zero attached hydrogens (tertiary/aromatic N) is 3. The summed E-state index contributed by atoms with van der Waals surface area (Å²) in [4.78, 5) is 55.4. The van der Waals surface area contributed by atoms with E-state index in [2.05, 4.69) is 22.3 Å². The summed E-state index contributed by atoms with van der Waals surface area (Å²) < 4.78 is 1.39. The van der Waals surface area contributed by atoms with Crippen LogP contribution in [0.15, 0.2) is 71.1 Å². The highest BCUT2D eigenvalue weighted by Gasteiger charge is 2.49. The Bertz CT molecular complexity index is 1380. The minimum Gasteiger partial charge on any atom is -0.318 e. The lowest BCUT2D eigenvalue weighted by Gasteiger charge is -2.22. The van der Waals surface area contributed by atoms with Gasteiger partial charge in [-0.25, -0.2) is 9.78 Å². The first kappa shape index (κ1) is 23.5. The van der Waals surface area contributed by atoms with Crippen LogP contribution in [0.5, 0.6) is 0 Å². The minimum atomic E-state index is -1.30. The Morgan fingerprint density at radius 3 is 2.68 bits per heavy atom. The molecule has 0 radical (unpaired) electrons. The van der Waals surface area contributed by atoms with Crippen molar-refractivity contribution in [2.24, 2.45) is 0 Å². The topological polar surface area (TPSA) is 113 Å². The van der Waals surface area contributed by atoms with Crippen molar-refractivity contribution in [1.82, 2.24) is 25.3 Å². The number of benzene rings is 2. The molecule has 2 N–H and O–H groups in total. The summed E-state index contributed by atoms with van der Waals surface area (Å²) >= 11 is 7.02. The largest absolute Gasteiger partial charge is 0.344 e. The number of hydrogen-bond acceptors (Lipinski definition) is 6. The first-order chi connectivity index (χ1) is 16.2. The van der Waals surface area contributed by atoms with Crippen LogP contribution in [0.2, 0.25) is 5.02 Å². The lowest BCUT2D eigenvalue weighted by Crippen LogP contribution is -2.48. The van der Waals surface area contributed by atoms with Crippen molar-refractivity contribution < 1.29 is 14.4 Å². The van der Waals surface area contributed by atoms with E-state index in [4.69, 9.17) is 11.6 Å². The summed E-state index contributed by atoms with van der Waals surface area (Å²) in [6.07, 6.45) is 1.55. The quantitative estimate of drug-likeness (QED) is 0.224. The first-order valence-electron chi connectivity index (χ1n) is 10.2. The van der Waals surface area contributed by atoms with E-state index in [1.54, 1.807) is 61.5 Å². The molecule has 4 rings (SSSR count). The van der Waals surface area contributed by atoms with Gasteiger partial charge >= 0.3 is 6.03 Å². The van der Waals surface area contributed by atoms with Crippen molar-refractivity contribution in [3.05, 3.63) is 82.1 Å². The molecule has 4 amide bonds. The SMILES string of the molecule is C=CCn1c(SCC(=O)NN2C(=O)NC(C)(c3ccccc3)C2=O)nc2cc(Cl)ccc2c1=O. The van der Waals surface area contributed by atoms with Gasteiger partial charge in [0.1, 0.15) is 5.54 Å². The Hall–Kier alpha value is -3.63. The Kier molecular flexibility index (Phi) is 6.45. The van der Waals surface area contributed by atoms with Gasteiger partial charge in [0.25, 0.3) is 11.5 Å². The highest BCUT2D eigenvalue weighted by Crippen LogP contribution is 2.28. The molecule has 2 aromatic carbocycles. The number of halogens is 1. The second-order valence-corrected chi connectivity index (χ2v) is 9.02. The van der Waals surface area contributed by atoms with Crippen molar-refractivity contribution in [3.63, 3.8) is 0 Å². The van der Waals surface area contributed by atoms with Gasteiger partial charge in [0.15, 0.2) is 5.16 Å². The molecule has 0 bridgehead atoms. The Morgan fingerprint density at radius 1 is 1.24 bits per heavy atom. The van der Waals surface area contributed by atoms with E-state index < -0.39 is 23.4 Å². The first-order valence-corrected chi connectivity index (χ1v) is 11.6. The fourth-order valence-corrected chi connectivity index (χ4v) is 4.54. The Morgan fingerprint density at radius 2 is 1.97 bits per heavy atom. The summed E-state index contributed by atoms with van der Waals surface area (Å²) in [7, 11) is 0. The second kappa shape index (κ2) is 9.32. The van der Waals surface area contributed by atoms with E-state index in [1.165, 1.54) is 4.57 Å². The summed E-state index contributed by atoms with van der Waals surface area (Å²) in [6.45, 7) is 5.43. The number of nitrogens with one attached hydrogen (secondary N) is 2. The normalized spacial score (nSPS) is 17.6. The standard InChI is InChI=1S/C23H20ClN5O4S/c1-3-11-28-19(31)16-10-9-15(24)12-17(16)25-22(28)34-13-18(30)27-29-20(32)23(2,26-21(29)33)14-7-5-4-6-8-14/h3-10,12H,1,11,13H2,2H3,(H,26,33)(H,27,30). The summed E-state index contributed by atoms with van der Waals surface area (Å²) in [5, 5.41) is 4.38. The third kappa shape index (κ3) is 4.29. The van der Waals surface area contributed by atoms with Crippen LogP contribution in [0.4, 0.5) is 4.79 Å². The Labute approximate surface area is 203 Å². The predicted molar refractivity (Wildman–Crippen MR) is 129 cm³/mol. The van der Waals surface area contributed by atoms with Gasteiger partial charge in [-0.05, 0) is 30.7 Å². The molecule has 0 spiro atoms. The molecule has 1 unspecified atom stereocenters. The third-order valence-corrected chi connectivity index (χ3v) is 6.52. The van der Waals surface area contributed by atoms with Gasteiger partial charge < -0.3 is 5.32 Å².